The number of amides is 2. The van der Waals surface area contributed by atoms with E-state index in [2.05, 4.69) is 0 Å². The molecular weight excluding hydrogens is 534 g/mol. The number of morpholine rings is 1. The molecule has 3 aromatic carbocycles. The van der Waals surface area contributed by atoms with Crippen molar-refractivity contribution in [2.45, 2.75) is 6.92 Å². The summed E-state index contributed by atoms with van der Waals surface area (Å²) in [6.07, 6.45) is 0. The van der Waals surface area contributed by atoms with Gasteiger partial charge in [-0.05, 0) is 29.3 Å². The molecule has 9 heteroatoms. The van der Waals surface area contributed by atoms with Crippen LogP contribution in [0, 0.1) is 0 Å². The monoisotopic (exact) mass is 567 g/mol. The van der Waals surface area contributed by atoms with E-state index in [0.717, 1.165) is 22.3 Å². The van der Waals surface area contributed by atoms with Crippen LogP contribution in [0.1, 0.15) is 6.92 Å². The van der Waals surface area contributed by atoms with Crippen molar-refractivity contribution in [3.05, 3.63) is 83.0 Å². The molecule has 4 aromatic rings. The van der Waals surface area contributed by atoms with Crippen molar-refractivity contribution >= 4 is 28.7 Å². The van der Waals surface area contributed by atoms with Gasteiger partial charge < -0.3 is 28.6 Å². The maximum atomic E-state index is 13.1. The summed E-state index contributed by atoms with van der Waals surface area (Å²) in [6.45, 7) is 5.97. The maximum Gasteiger partial charge on any atom is 0.260 e. The van der Waals surface area contributed by atoms with Crippen molar-refractivity contribution < 1.29 is 23.5 Å². The second-order valence-corrected chi connectivity index (χ2v) is 10.5. The van der Waals surface area contributed by atoms with Crippen molar-refractivity contribution in [1.82, 2.24) is 9.80 Å². The normalized spacial score (nSPS) is 15.6. The average molecular weight is 568 g/mol. The topological polar surface area (TPSA) is 92.5 Å². The van der Waals surface area contributed by atoms with Gasteiger partial charge in [-0.1, -0.05) is 48.5 Å². The molecule has 9 nitrogen and oxygen atoms in total. The molecule has 0 N–H and O–H groups in total. The molecule has 2 aliphatic heterocycles. The largest absolute Gasteiger partial charge is 0.483 e. The summed E-state index contributed by atoms with van der Waals surface area (Å²) >= 11 is 0. The molecule has 2 fully saturated rings. The van der Waals surface area contributed by atoms with Crippen molar-refractivity contribution in [2.75, 3.05) is 64.0 Å². The SMILES string of the molecule is CC(=O)N1CCN(C(=O)COc2ccc(-c3cccc4c(=O)cc(N5CCOCC5)oc34)cc2-c2ccccc2)CC1. The summed E-state index contributed by atoms with van der Waals surface area (Å²) < 4.78 is 18.0. The highest BCUT2D eigenvalue weighted by molar-refractivity contribution is 5.94. The maximum absolute atomic E-state index is 13.1. The fraction of sp³-hybridized carbons (Fsp3) is 0.303. The number of ether oxygens (including phenoxy) is 2. The van der Waals surface area contributed by atoms with E-state index in [0.29, 0.717) is 75.1 Å². The first-order valence-corrected chi connectivity index (χ1v) is 14.2. The van der Waals surface area contributed by atoms with Crippen molar-refractivity contribution in [3.63, 3.8) is 0 Å². The molecular formula is C33H33N3O6. The highest BCUT2D eigenvalue weighted by Crippen LogP contribution is 2.37. The van der Waals surface area contributed by atoms with Crippen LogP contribution < -0.4 is 15.1 Å². The molecule has 3 heterocycles. The Balaban J connectivity index is 1.32. The summed E-state index contributed by atoms with van der Waals surface area (Å²) in [5, 5.41) is 0.515. The van der Waals surface area contributed by atoms with Crippen LogP contribution in [0.2, 0.25) is 0 Å². The van der Waals surface area contributed by atoms with E-state index in [1.165, 1.54) is 0 Å². The third-order valence-electron chi connectivity index (χ3n) is 7.87. The van der Waals surface area contributed by atoms with Crippen molar-refractivity contribution in [3.8, 4) is 28.0 Å². The van der Waals surface area contributed by atoms with Gasteiger partial charge in [0.05, 0.1) is 18.6 Å². The molecule has 0 radical (unpaired) electrons. The lowest BCUT2D eigenvalue weighted by molar-refractivity contribution is -0.139. The fourth-order valence-corrected chi connectivity index (χ4v) is 5.50. The summed E-state index contributed by atoms with van der Waals surface area (Å²) in [5.41, 5.74) is 3.85. The zero-order chi connectivity index (χ0) is 29.1. The zero-order valence-electron chi connectivity index (χ0n) is 23.6. The van der Waals surface area contributed by atoms with Crippen LogP contribution >= 0.6 is 0 Å². The third kappa shape index (κ3) is 5.73. The minimum atomic E-state index is -0.118. The van der Waals surface area contributed by atoms with E-state index in [1.54, 1.807) is 28.9 Å². The first-order valence-electron chi connectivity index (χ1n) is 14.2. The summed E-state index contributed by atoms with van der Waals surface area (Å²) in [4.78, 5) is 43.2. The van der Waals surface area contributed by atoms with E-state index in [-0.39, 0.29) is 23.9 Å². The van der Waals surface area contributed by atoms with E-state index < -0.39 is 0 Å². The highest BCUT2D eigenvalue weighted by Gasteiger charge is 2.23. The van der Waals surface area contributed by atoms with Crippen LogP contribution in [-0.2, 0) is 14.3 Å². The minimum Gasteiger partial charge on any atom is -0.483 e. The summed E-state index contributed by atoms with van der Waals surface area (Å²) in [6, 6.07) is 22.8. The number of rotatable bonds is 6. The smallest absolute Gasteiger partial charge is 0.260 e. The lowest BCUT2D eigenvalue weighted by Gasteiger charge is -2.34. The molecule has 0 unspecified atom stereocenters. The lowest BCUT2D eigenvalue weighted by Crippen LogP contribution is -2.51. The molecule has 0 saturated carbocycles. The Morgan fingerprint density at radius 1 is 0.786 bits per heavy atom. The first kappa shape index (κ1) is 27.5. The van der Waals surface area contributed by atoms with E-state index in [4.69, 9.17) is 13.9 Å². The molecule has 0 atom stereocenters. The number of anilines is 1. The van der Waals surface area contributed by atoms with E-state index in [1.807, 2.05) is 65.6 Å². The number of benzene rings is 3. The minimum absolute atomic E-state index is 0.0220. The average Bonchev–Trinajstić information content (AvgIpc) is 3.04. The van der Waals surface area contributed by atoms with Gasteiger partial charge in [-0.15, -0.1) is 0 Å². The molecule has 216 valence electrons. The molecule has 1 aromatic heterocycles. The second kappa shape index (κ2) is 12.1. The van der Waals surface area contributed by atoms with Gasteiger partial charge in [0.15, 0.2) is 17.9 Å². The Hall–Kier alpha value is -4.63. The predicted octanol–water partition coefficient (Wildman–Crippen LogP) is 4.03. The number of carbonyl (C=O) groups is 2. The van der Waals surface area contributed by atoms with Gasteiger partial charge in [0.25, 0.3) is 5.91 Å². The molecule has 0 spiro atoms. The molecule has 0 aliphatic carbocycles. The number of fused-ring (bicyclic) bond motifs is 1. The number of hydrogen-bond donors (Lipinski definition) is 0. The first-order chi connectivity index (χ1) is 20.5. The Morgan fingerprint density at radius 2 is 1.52 bits per heavy atom. The molecule has 42 heavy (non-hydrogen) atoms. The second-order valence-electron chi connectivity index (χ2n) is 10.5. The van der Waals surface area contributed by atoms with Gasteiger partial charge in [-0.2, -0.15) is 0 Å². The van der Waals surface area contributed by atoms with E-state index in [9.17, 15) is 14.4 Å². The van der Waals surface area contributed by atoms with Crippen LogP contribution in [0.25, 0.3) is 33.2 Å². The fourth-order valence-electron chi connectivity index (χ4n) is 5.50. The van der Waals surface area contributed by atoms with Crippen LogP contribution in [0.15, 0.2) is 82.0 Å². The van der Waals surface area contributed by atoms with Gasteiger partial charge in [0.1, 0.15) is 11.3 Å². The Bertz CT molecular complexity index is 1650. The predicted molar refractivity (Wildman–Crippen MR) is 161 cm³/mol. The quantitative estimate of drug-likeness (QED) is 0.347. The zero-order valence-corrected chi connectivity index (χ0v) is 23.6. The van der Waals surface area contributed by atoms with Gasteiger partial charge >= 0.3 is 0 Å². The Kier molecular flexibility index (Phi) is 7.92. The summed E-state index contributed by atoms with van der Waals surface area (Å²) in [7, 11) is 0. The Labute approximate surface area is 243 Å². The molecule has 6 rings (SSSR count). The van der Waals surface area contributed by atoms with Crippen LogP contribution in [0.5, 0.6) is 5.75 Å². The van der Waals surface area contributed by atoms with Gasteiger partial charge in [0.2, 0.25) is 5.91 Å². The molecule has 2 aliphatic rings. The molecule has 2 saturated heterocycles. The molecule has 0 bridgehead atoms. The Morgan fingerprint density at radius 3 is 2.26 bits per heavy atom. The highest BCUT2D eigenvalue weighted by atomic mass is 16.5. The van der Waals surface area contributed by atoms with Crippen LogP contribution in [0.4, 0.5) is 5.88 Å². The van der Waals surface area contributed by atoms with Crippen LogP contribution in [0.3, 0.4) is 0 Å². The summed E-state index contributed by atoms with van der Waals surface area (Å²) in [5.74, 6) is 1.02. The third-order valence-corrected chi connectivity index (χ3v) is 7.87. The van der Waals surface area contributed by atoms with Gasteiger partial charge in [-0.25, -0.2) is 0 Å². The standard InChI is InChI=1S/C33H33N3O6/c1-23(37)34-12-14-35(15-13-34)31(39)22-41-30-11-10-25(20-28(30)24-6-3-2-4-7-24)26-8-5-9-27-29(38)21-32(42-33(26)27)36-16-18-40-19-17-36/h2-11,20-21H,12-19,22H2,1H3. The lowest BCUT2D eigenvalue weighted by atomic mass is 9.97. The van der Waals surface area contributed by atoms with E-state index >= 15 is 0 Å². The number of piperazine rings is 1. The number of para-hydroxylation sites is 1. The number of hydrogen-bond acceptors (Lipinski definition) is 7. The van der Waals surface area contributed by atoms with Gasteiger partial charge in [-0.3, -0.25) is 14.4 Å². The van der Waals surface area contributed by atoms with Crippen LogP contribution in [-0.4, -0.2) is 80.7 Å². The van der Waals surface area contributed by atoms with Crippen molar-refractivity contribution in [2.24, 2.45) is 0 Å². The molecule has 2 amide bonds. The van der Waals surface area contributed by atoms with Gasteiger partial charge in [0, 0.05) is 63.4 Å². The number of nitrogens with zero attached hydrogens (tertiary/aromatic N) is 3. The van der Waals surface area contributed by atoms with Crippen molar-refractivity contribution in [1.29, 1.82) is 0 Å². The number of carbonyl (C=O) groups excluding carboxylic acids is 2.